The van der Waals surface area contributed by atoms with Crippen molar-refractivity contribution >= 4 is 15.9 Å². The van der Waals surface area contributed by atoms with Gasteiger partial charge in [0, 0.05) is 4.47 Å². The highest BCUT2D eigenvalue weighted by Gasteiger charge is 2.05. The first-order valence-corrected chi connectivity index (χ1v) is 5.59. The quantitative estimate of drug-likeness (QED) is 0.827. The average Bonchev–Trinajstić information content (AvgIpc) is 2.14. The first-order chi connectivity index (χ1) is 6.65. The second kappa shape index (κ2) is 5.47. The molecule has 1 aromatic carbocycles. The SMILES string of the molecule is Cc1cc(F)c(CCCCN)cc1Br. The molecule has 1 rings (SSSR count). The zero-order chi connectivity index (χ0) is 10.6. The van der Waals surface area contributed by atoms with Crippen LogP contribution in [0.15, 0.2) is 16.6 Å². The van der Waals surface area contributed by atoms with E-state index >= 15 is 0 Å². The fourth-order valence-corrected chi connectivity index (χ4v) is 1.73. The standard InChI is InChI=1S/C11H15BrFN/c1-8-6-11(13)9(7-10(8)12)4-2-3-5-14/h6-7H,2-5,14H2,1H3. The number of aryl methyl sites for hydroxylation is 2. The van der Waals surface area contributed by atoms with Crippen molar-refractivity contribution in [3.05, 3.63) is 33.5 Å². The first kappa shape index (κ1) is 11.7. The van der Waals surface area contributed by atoms with E-state index in [9.17, 15) is 4.39 Å². The van der Waals surface area contributed by atoms with Crippen LogP contribution in [0.3, 0.4) is 0 Å². The van der Waals surface area contributed by atoms with Crippen LogP contribution in [0, 0.1) is 12.7 Å². The molecule has 0 radical (unpaired) electrons. The van der Waals surface area contributed by atoms with Gasteiger partial charge in [-0.1, -0.05) is 15.9 Å². The van der Waals surface area contributed by atoms with Crippen LogP contribution < -0.4 is 5.73 Å². The maximum Gasteiger partial charge on any atom is 0.126 e. The lowest BCUT2D eigenvalue weighted by Gasteiger charge is -2.05. The molecule has 0 saturated heterocycles. The van der Waals surface area contributed by atoms with E-state index < -0.39 is 0 Å². The van der Waals surface area contributed by atoms with Crippen molar-refractivity contribution in [3.63, 3.8) is 0 Å². The van der Waals surface area contributed by atoms with Crippen LogP contribution in [-0.2, 0) is 6.42 Å². The summed E-state index contributed by atoms with van der Waals surface area (Å²) in [4.78, 5) is 0. The minimum atomic E-state index is -0.109. The molecule has 3 heteroatoms. The number of hydrogen-bond acceptors (Lipinski definition) is 1. The van der Waals surface area contributed by atoms with Gasteiger partial charge in [0.15, 0.2) is 0 Å². The van der Waals surface area contributed by atoms with Crippen LogP contribution in [0.1, 0.15) is 24.0 Å². The van der Waals surface area contributed by atoms with E-state index in [0.717, 1.165) is 34.9 Å². The molecular weight excluding hydrogens is 245 g/mol. The predicted octanol–water partition coefficient (Wildman–Crippen LogP) is 3.18. The van der Waals surface area contributed by atoms with Gasteiger partial charge in [0.2, 0.25) is 0 Å². The van der Waals surface area contributed by atoms with Gasteiger partial charge in [0.05, 0.1) is 0 Å². The second-order valence-electron chi connectivity index (χ2n) is 3.44. The Balaban J connectivity index is 2.72. The van der Waals surface area contributed by atoms with Crippen LogP contribution in [0.4, 0.5) is 4.39 Å². The molecule has 1 nitrogen and oxygen atoms in total. The monoisotopic (exact) mass is 259 g/mol. The average molecular weight is 260 g/mol. The minimum Gasteiger partial charge on any atom is -0.330 e. The normalized spacial score (nSPS) is 10.6. The molecule has 0 unspecified atom stereocenters. The van der Waals surface area contributed by atoms with E-state index in [-0.39, 0.29) is 5.82 Å². The van der Waals surface area contributed by atoms with Gasteiger partial charge in [0.25, 0.3) is 0 Å². The Morgan fingerprint density at radius 3 is 2.71 bits per heavy atom. The van der Waals surface area contributed by atoms with Gasteiger partial charge in [-0.25, -0.2) is 4.39 Å². The lowest BCUT2D eigenvalue weighted by molar-refractivity contribution is 0.599. The number of unbranched alkanes of at least 4 members (excludes halogenated alkanes) is 1. The Morgan fingerprint density at radius 2 is 2.07 bits per heavy atom. The fourth-order valence-electron chi connectivity index (χ4n) is 1.34. The highest BCUT2D eigenvalue weighted by atomic mass is 79.9. The van der Waals surface area contributed by atoms with Crippen molar-refractivity contribution in [3.8, 4) is 0 Å². The highest BCUT2D eigenvalue weighted by molar-refractivity contribution is 9.10. The molecule has 0 fully saturated rings. The molecule has 0 aromatic heterocycles. The minimum absolute atomic E-state index is 0.109. The van der Waals surface area contributed by atoms with E-state index in [1.54, 1.807) is 6.07 Å². The van der Waals surface area contributed by atoms with Gasteiger partial charge < -0.3 is 5.73 Å². The molecule has 14 heavy (non-hydrogen) atoms. The van der Waals surface area contributed by atoms with Gasteiger partial charge >= 0.3 is 0 Å². The number of halogens is 2. The molecular formula is C11H15BrFN. The smallest absolute Gasteiger partial charge is 0.126 e. The van der Waals surface area contributed by atoms with Crippen molar-refractivity contribution in [1.82, 2.24) is 0 Å². The second-order valence-corrected chi connectivity index (χ2v) is 4.29. The molecule has 0 aliphatic heterocycles. The number of benzene rings is 1. The summed E-state index contributed by atoms with van der Waals surface area (Å²) in [5.41, 5.74) is 7.09. The van der Waals surface area contributed by atoms with Crippen molar-refractivity contribution in [1.29, 1.82) is 0 Å². The molecule has 0 atom stereocenters. The van der Waals surface area contributed by atoms with E-state index in [1.165, 1.54) is 0 Å². The zero-order valence-electron chi connectivity index (χ0n) is 8.32. The van der Waals surface area contributed by atoms with E-state index in [4.69, 9.17) is 5.73 Å². The Hall–Kier alpha value is -0.410. The number of nitrogens with two attached hydrogens (primary N) is 1. The molecule has 0 bridgehead atoms. The molecule has 1 aromatic rings. The molecule has 0 heterocycles. The van der Waals surface area contributed by atoms with Crippen LogP contribution in [-0.4, -0.2) is 6.54 Å². The van der Waals surface area contributed by atoms with Gasteiger partial charge in [-0.3, -0.25) is 0 Å². The Morgan fingerprint density at radius 1 is 1.36 bits per heavy atom. The summed E-state index contributed by atoms with van der Waals surface area (Å²) in [5, 5.41) is 0. The van der Waals surface area contributed by atoms with Crippen LogP contribution in [0.25, 0.3) is 0 Å². The van der Waals surface area contributed by atoms with Crippen LogP contribution in [0.2, 0.25) is 0 Å². The number of rotatable bonds is 4. The Bertz CT molecular complexity index is 312. The van der Waals surface area contributed by atoms with Crippen molar-refractivity contribution in [2.24, 2.45) is 5.73 Å². The Kier molecular flexibility index (Phi) is 4.55. The molecule has 78 valence electrons. The molecule has 0 spiro atoms. The topological polar surface area (TPSA) is 26.0 Å². The molecule has 0 aliphatic carbocycles. The van der Waals surface area contributed by atoms with Gasteiger partial charge in [-0.15, -0.1) is 0 Å². The highest BCUT2D eigenvalue weighted by Crippen LogP contribution is 2.21. The zero-order valence-corrected chi connectivity index (χ0v) is 9.90. The van der Waals surface area contributed by atoms with Gasteiger partial charge in [-0.05, 0) is 56.0 Å². The summed E-state index contributed by atoms with van der Waals surface area (Å²) in [6.45, 7) is 2.56. The van der Waals surface area contributed by atoms with Crippen molar-refractivity contribution < 1.29 is 4.39 Å². The van der Waals surface area contributed by atoms with Gasteiger partial charge in [-0.2, -0.15) is 0 Å². The lowest BCUT2D eigenvalue weighted by atomic mass is 10.1. The molecule has 0 amide bonds. The summed E-state index contributed by atoms with van der Waals surface area (Å²) in [6, 6.07) is 3.43. The third kappa shape index (κ3) is 3.07. The molecule has 0 aliphatic rings. The van der Waals surface area contributed by atoms with E-state index in [0.29, 0.717) is 6.54 Å². The van der Waals surface area contributed by atoms with Crippen LogP contribution >= 0.6 is 15.9 Å². The van der Waals surface area contributed by atoms with Crippen molar-refractivity contribution in [2.75, 3.05) is 6.54 Å². The summed E-state index contributed by atoms with van der Waals surface area (Å²) < 4.78 is 14.4. The third-order valence-corrected chi connectivity index (χ3v) is 3.08. The maximum atomic E-state index is 13.4. The summed E-state index contributed by atoms with van der Waals surface area (Å²) in [5.74, 6) is -0.109. The van der Waals surface area contributed by atoms with Crippen molar-refractivity contribution in [2.45, 2.75) is 26.2 Å². The van der Waals surface area contributed by atoms with Crippen LogP contribution in [0.5, 0.6) is 0 Å². The molecule has 2 N–H and O–H groups in total. The van der Waals surface area contributed by atoms with E-state index in [1.807, 2.05) is 13.0 Å². The number of hydrogen-bond donors (Lipinski definition) is 1. The third-order valence-electron chi connectivity index (χ3n) is 2.23. The summed E-state index contributed by atoms with van der Waals surface area (Å²) in [6.07, 6.45) is 2.66. The summed E-state index contributed by atoms with van der Waals surface area (Å²) in [7, 11) is 0. The maximum absolute atomic E-state index is 13.4. The lowest BCUT2D eigenvalue weighted by Crippen LogP contribution is -2.00. The van der Waals surface area contributed by atoms with Gasteiger partial charge in [0.1, 0.15) is 5.82 Å². The first-order valence-electron chi connectivity index (χ1n) is 4.79. The molecule has 0 saturated carbocycles. The van der Waals surface area contributed by atoms with E-state index in [2.05, 4.69) is 15.9 Å². The fraction of sp³-hybridized carbons (Fsp3) is 0.455. The Labute approximate surface area is 92.6 Å². The predicted molar refractivity (Wildman–Crippen MR) is 60.8 cm³/mol. The summed E-state index contributed by atoms with van der Waals surface area (Å²) >= 11 is 3.40. The largest absolute Gasteiger partial charge is 0.330 e.